The second-order valence-corrected chi connectivity index (χ2v) is 5.31. The van der Waals surface area contributed by atoms with Crippen molar-refractivity contribution in [1.82, 2.24) is 5.32 Å². The first-order chi connectivity index (χ1) is 11.1. The van der Waals surface area contributed by atoms with Gasteiger partial charge in [0.2, 0.25) is 5.91 Å². The molecule has 0 unspecified atom stereocenters. The van der Waals surface area contributed by atoms with E-state index in [9.17, 15) is 4.79 Å². The number of nitrogens with zero attached hydrogens (tertiary/aromatic N) is 1. The number of anilines is 1. The first-order valence-corrected chi connectivity index (χ1v) is 7.42. The molecule has 0 atom stereocenters. The molecule has 6 heteroatoms. The van der Waals surface area contributed by atoms with Crippen molar-refractivity contribution in [2.45, 2.75) is 0 Å². The van der Waals surface area contributed by atoms with E-state index in [0.717, 1.165) is 5.56 Å². The molecule has 0 radical (unpaired) electrons. The molecule has 0 heterocycles. The minimum atomic E-state index is -0.376. The Kier molecular flexibility index (Phi) is 5.87. The molecule has 114 valence electrons. The quantitative estimate of drug-likeness (QED) is 0.659. The molecule has 2 N–H and O–H groups in total. The van der Waals surface area contributed by atoms with E-state index in [1.54, 1.807) is 42.5 Å². The Morgan fingerprint density at radius 2 is 2.00 bits per heavy atom. The molecule has 0 fully saturated rings. The van der Waals surface area contributed by atoms with Gasteiger partial charge in [0, 0.05) is 16.8 Å². The van der Waals surface area contributed by atoms with Crippen LogP contribution in [0.15, 0.2) is 54.6 Å². The lowest BCUT2D eigenvalue weighted by molar-refractivity contribution is -0.115. The predicted octanol–water partition coefficient (Wildman–Crippen LogP) is 3.74. The highest BCUT2D eigenvalue weighted by Gasteiger charge is 2.03. The van der Waals surface area contributed by atoms with Crippen molar-refractivity contribution in [3.63, 3.8) is 0 Å². The zero-order chi connectivity index (χ0) is 16.7. The fourth-order valence-corrected chi connectivity index (χ4v) is 2.18. The Labute approximate surface area is 144 Å². The lowest BCUT2D eigenvalue weighted by atomic mass is 10.2. The molecule has 2 rings (SSSR count). The summed E-state index contributed by atoms with van der Waals surface area (Å²) in [7, 11) is 0. The number of halogens is 1. The maximum absolute atomic E-state index is 11.8. The van der Waals surface area contributed by atoms with Gasteiger partial charge < -0.3 is 5.32 Å². The highest BCUT2D eigenvalue weighted by Crippen LogP contribution is 2.16. The Bertz CT molecular complexity index is 811. The third-order valence-electron chi connectivity index (χ3n) is 2.81. The van der Waals surface area contributed by atoms with E-state index in [2.05, 4.69) is 10.6 Å². The average molecular weight is 342 g/mol. The van der Waals surface area contributed by atoms with Crippen molar-refractivity contribution in [2.75, 3.05) is 5.32 Å². The van der Waals surface area contributed by atoms with Crippen LogP contribution in [0.3, 0.4) is 0 Å². The smallest absolute Gasteiger partial charge is 0.250 e. The van der Waals surface area contributed by atoms with Gasteiger partial charge >= 0.3 is 0 Å². The van der Waals surface area contributed by atoms with Crippen molar-refractivity contribution >= 4 is 46.6 Å². The molecular weight excluding hydrogens is 330 g/mol. The van der Waals surface area contributed by atoms with Gasteiger partial charge in [0.25, 0.3) is 0 Å². The van der Waals surface area contributed by atoms with Crippen molar-refractivity contribution in [3.8, 4) is 6.07 Å². The number of rotatable bonds is 3. The van der Waals surface area contributed by atoms with Gasteiger partial charge in [-0.2, -0.15) is 5.26 Å². The fourth-order valence-electron chi connectivity index (χ4n) is 1.76. The number of carbonyl (C=O) groups excluding carboxylic acids is 1. The summed E-state index contributed by atoms with van der Waals surface area (Å²) in [6, 6.07) is 16.0. The molecule has 0 saturated carbocycles. The lowest BCUT2D eigenvalue weighted by Crippen LogP contribution is -2.32. The van der Waals surface area contributed by atoms with Crippen LogP contribution < -0.4 is 10.6 Å². The third kappa shape index (κ3) is 5.22. The normalized spacial score (nSPS) is 10.1. The van der Waals surface area contributed by atoms with Crippen LogP contribution in [-0.2, 0) is 4.79 Å². The molecule has 0 aromatic heterocycles. The Hall–Kier alpha value is -2.68. The van der Waals surface area contributed by atoms with Crippen LogP contribution in [0.4, 0.5) is 5.69 Å². The predicted molar refractivity (Wildman–Crippen MR) is 96.0 cm³/mol. The number of benzene rings is 2. The highest BCUT2D eigenvalue weighted by molar-refractivity contribution is 7.80. The Balaban J connectivity index is 1.93. The lowest BCUT2D eigenvalue weighted by Gasteiger charge is -2.08. The van der Waals surface area contributed by atoms with Crippen molar-refractivity contribution in [2.24, 2.45) is 0 Å². The van der Waals surface area contributed by atoms with E-state index in [4.69, 9.17) is 29.1 Å². The Morgan fingerprint density at radius 1 is 1.22 bits per heavy atom. The fraction of sp³-hybridized carbons (Fsp3) is 0. The molecule has 2 aromatic carbocycles. The van der Waals surface area contributed by atoms with Crippen LogP contribution in [0.5, 0.6) is 0 Å². The van der Waals surface area contributed by atoms with E-state index in [1.807, 2.05) is 18.2 Å². The van der Waals surface area contributed by atoms with Crippen LogP contribution in [0.1, 0.15) is 11.1 Å². The highest BCUT2D eigenvalue weighted by atomic mass is 35.5. The van der Waals surface area contributed by atoms with Crippen LogP contribution in [0.2, 0.25) is 5.02 Å². The van der Waals surface area contributed by atoms with Crippen LogP contribution in [0.25, 0.3) is 6.08 Å². The number of hydrogen-bond donors (Lipinski definition) is 2. The monoisotopic (exact) mass is 341 g/mol. The maximum atomic E-state index is 11.8. The molecule has 4 nitrogen and oxygen atoms in total. The first kappa shape index (κ1) is 16.7. The topological polar surface area (TPSA) is 64.9 Å². The summed E-state index contributed by atoms with van der Waals surface area (Å²) < 4.78 is 0. The second-order valence-electron chi connectivity index (χ2n) is 4.49. The summed E-state index contributed by atoms with van der Waals surface area (Å²) in [5, 5.41) is 14.9. The Morgan fingerprint density at radius 3 is 2.74 bits per heavy atom. The van der Waals surface area contributed by atoms with Gasteiger partial charge in [-0.1, -0.05) is 35.9 Å². The van der Waals surface area contributed by atoms with Gasteiger partial charge in [-0.05, 0) is 48.1 Å². The van der Waals surface area contributed by atoms with Crippen LogP contribution >= 0.6 is 23.8 Å². The molecule has 0 saturated heterocycles. The van der Waals surface area contributed by atoms with Gasteiger partial charge in [-0.3, -0.25) is 10.1 Å². The number of thiocarbonyl (C=S) groups is 1. The number of nitrogens with one attached hydrogen (secondary N) is 2. The number of carbonyl (C=O) groups is 1. The second kappa shape index (κ2) is 8.08. The maximum Gasteiger partial charge on any atom is 0.250 e. The minimum absolute atomic E-state index is 0.147. The molecule has 23 heavy (non-hydrogen) atoms. The van der Waals surface area contributed by atoms with E-state index < -0.39 is 0 Å². The zero-order valence-electron chi connectivity index (χ0n) is 11.9. The van der Waals surface area contributed by atoms with Crippen LogP contribution in [0, 0.1) is 11.3 Å². The summed E-state index contributed by atoms with van der Waals surface area (Å²) >= 11 is 11.1. The van der Waals surface area contributed by atoms with Gasteiger partial charge in [0.05, 0.1) is 11.6 Å². The number of hydrogen-bond acceptors (Lipinski definition) is 3. The standard InChI is InChI=1S/C17H12ClN3OS/c18-15-7-2-1-5-13(15)8-9-16(22)21-17(23)20-14-6-3-4-12(10-14)11-19/h1-10H,(H2,20,21,22,23)/b9-8+. The number of amides is 1. The van der Waals surface area contributed by atoms with Gasteiger partial charge in [0.1, 0.15) is 0 Å². The SMILES string of the molecule is N#Cc1cccc(NC(=S)NC(=O)/C=C/c2ccccc2Cl)c1. The summed E-state index contributed by atoms with van der Waals surface area (Å²) in [6.45, 7) is 0. The average Bonchev–Trinajstić information content (AvgIpc) is 2.54. The molecule has 0 aliphatic heterocycles. The van der Waals surface area contributed by atoms with Crippen molar-refractivity contribution < 1.29 is 4.79 Å². The first-order valence-electron chi connectivity index (χ1n) is 6.63. The molecule has 0 aliphatic rings. The summed E-state index contributed by atoms with van der Waals surface area (Å²) in [5.74, 6) is -0.376. The van der Waals surface area contributed by atoms with E-state index in [1.165, 1.54) is 6.08 Å². The van der Waals surface area contributed by atoms with Crippen molar-refractivity contribution in [1.29, 1.82) is 5.26 Å². The molecule has 0 aliphatic carbocycles. The van der Waals surface area contributed by atoms with Gasteiger partial charge in [-0.25, -0.2) is 0 Å². The molecular formula is C17H12ClN3OS. The van der Waals surface area contributed by atoms with Gasteiger partial charge in [0.15, 0.2) is 5.11 Å². The minimum Gasteiger partial charge on any atom is -0.332 e. The van der Waals surface area contributed by atoms with Crippen LogP contribution in [-0.4, -0.2) is 11.0 Å². The molecule has 1 amide bonds. The summed E-state index contributed by atoms with van der Waals surface area (Å²) in [5.41, 5.74) is 1.87. The van der Waals surface area contributed by atoms with E-state index >= 15 is 0 Å². The van der Waals surface area contributed by atoms with E-state index in [-0.39, 0.29) is 11.0 Å². The zero-order valence-corrected chi connectivity index (χ0v) is 13.5. The summed E-state index contributed by atoms with van der Waals surface area (Å²) in [4.78, 5) is 11.8. The molecule has 0 spiro atoms. The van der Waals surface area contributed by atoms with Gasteiger partial charge in [-0.15, -0.1) is 0 Å². The number of nitriles is 1. The molecule has 0 bridgehead atoms. The summed E-state index contributed by atoms with van der Waals surface area (Å²) in [6.07, 6.45) is 2.96. The van der Waals surface area contributed by atoms with E-state index in [0.29, 0.717) is 16.3 Å². The van der Waals surface area contributed by atoms with Crippen molar-refractivity contribution in [3.05, 3.63) is 70.8 Å². The largest absolute Gasteiger partial charge is 0.332 e. The molecule has 2 aromatic rings. The third-order valence-corrected chi connectivity index (χ3v) is 3.35.